The number of rotatable bonds is 3. The van der Waals surface area contributed by atoms with Gasteiger partial charge < -0.3 is 9.64 Å². The molecule has 1 aromatic heterocycles. The highest BCUT2D eigenvalue weighted by molar-refractivity contribution is 5.95. The van der Waals surface area contributed by atoms with Gasteiger partial charge in [0.25, 0.3) is 0 Å². The van der Waals surface area contributed by atoms with Crippen molar-refractivity contribution in [2.24, 2.45) is 7.05 Å². The number of morpholine rings is 1. The predicted molar refractivity (Wildman–Crippen MR) is 77.1 cm³/mol. The van der Waals surface area contributed by atoms with Crippen LogP contribution in [0.15, 0.2) is 12.1 Å². The van der Waals surface area contributed by atoms with Crippen LogP contribution in [-0.2, 0) is 11.8 Å². The lowest BCUT2D eigenvalue weighted by Crippen LogP contribution is -2.36. The van der Waals surface area contributed by atoms with Crippen molar-refractivity contribution >= 4 is 28.1 Å². The fraction of sp³-hybridized carbons (Fsp3) is 0.417. The summed E-state index contributed by atoms with van der Waals surface area (Å²) in [6.45, 7) is 2.34. The van der Waals surface area contributed by atoms with Crippen LogP contribution in [0.25, 0.3) is 10.9 Å². The van der Waals surface area contributed by atoms with E-state index in [2.05, 4.69) is 5.10 Å². The minimum absolute atomic E-state index is 0.485. The zero-order valence-electron chi connectivity index (χ0n) is 11.8. The fourth-order valence-corrected chi connectivity index (χ4v) is 2.56. The van der Waals surface area contributed by atoms with E-state index >= 15 is 0 Å². The Balaban J connectivity index is 2.21. The van der Waals surface area contributed by atoms with Crippen molar-refractivity contribution in [3.63, 3.8) is 0 Å². The van der Waals surface area contributed by atoms with Crippen molar-refractivity contribution < 1.29 is 14.6 Å². The summed E-state index contributed by atoms with van der Waals surface area (Å²) in [6, 6.07) is 2.43. The Kier molecular flexibility index (Phi) is 3.37. The molecule has 10 nitrogen and oxygen atoms in total. The third-order valence-corrected chi connectivity index (χ3v) is 3.63. The third-order valence-electron chi connectivity index (χ3n) is 3.63. The first kappa shape index (κ1) is 14.2. The minimum atomic E-state index is -0.751. The van der Waals surface area contributed by atoms with E-state index in [4.69, 9.17) is 4.74 Å². The van der Waals surface area contributed by atoms with E-state index in [9.17, 15) is 20.2 Å². The van der Waals surface area contributed by atoms with Crippen LogP contribution >= 0.6 is 0 Å². The van der Waals surface area contributed by atoms with E-state index in [1.54, 1.807) is 7.05 Å². The van der Waals surface area contributed by atoms with Crippen molar-refractivity contribution in [1.29, 1.82) is 0 Å². The molecule has 22 heavy (non-hydrogen) atoms. The number of nitro groups is 2. The number of ether oxygens (including phenoxy) is 1. The van der Waals surface area contributed by atoms with Gasteiger partial charge in [0.1, 0.15) is 0 Å². The van der Waals surface area contributed by atoms with Gasteiger partial charge in [-0.3, -0.25) is 24.9 Å². The number of nitro benzene ring substituents is 2. The Morgan fingerprint density at radius 1 is 1.14 bits per heavy atom. The first-order chi connectivity index (χ1) is 10.5. The van der Waals surface area contributed by atoms with Crippen molar-refractivity contribution in [1.82, 2.24) is 9.78 Å². The molecule has 1 aliphatic heterocycles. The van der Waals surface area contributed by atoms with E-state index in [-0.39, 0.29) is 0 Å². The lowest BCUT2D eigenvalue weighted by atomic mass is 10.2. The van der Waals surface area contributed by atoms with Crippen LogP contribution in [-0.4, -0.2) is 45.9 Å². The summed E-state index contributed by atoms with van der Waals surface area (Å²) in [5, 5.41) is 27.0. The van der Waals surface area contributed by atoms with E-state index in [1.165, 1.54) is 16.8 Å². The van der Waals surface area contributed by atoms with Gasteiger partial charge in [0.2, 0.25) is 0 Å². The van der Waals surface area contributed by atoms with Gasteiger partial charge in [0, 0.05) is 32.3 Å². The quantitative estimate of drug-likeness (QED) is 0.618. The first-order valence-electron chi connectivity index (χ1n) is 6.61. The molecule has 0 bridgehead atoms. The molecule has 0 aliphatic carbocycles. The standard InChI is InChI=1S/C12H13N5O5/c1-14-9-7-11(17(20)21)10(16(18)19)6-8(9)12(13-14)15-2-4-22-5-3-15/h6-7H,2-5H2,1H3. The zero-order chi connectivity index (χ0) is 15.9. The second-order valence-corrected chi connectivity index (χ2v) is 4.92. The van der Waals surface area contributed by atoms with Gasteiger partial charge in [-0.25, -0.2) is 0 Å². The van der Waals surface area contributed by atoms with Crippen molar-refractivity contribution in [2.75, 3.05) is 31.2 Å². The van der Waals surface area contributed by atoms with Crippen LogP contribution in [0.2, 0.25) is 0 Å². The van der Waals surface area contributed by atoms with E-state index in [1.807, 2.05) is 4.90 Å². The molecule has 1 saturated heterocycles. The van der Waals surface area contributed by atoms with Crippen LogP contribution < -0.4 is 4.90 Å². The molecule has 2 aromatic rings. The number of aryl methyl sites for hydroxylation is 1. The molecule has 116 valence electrons. The highest BCUT2D eigenvalue weighted by atomic mass is 16.6. The number of fused-ring (bicyclic) bond motifs is 1. The van der Waals surface area contributed by atoms with Gasteiger partial charge >= 0.3 is 11.4 Å². The zero-order valence-corrected chi connectivity index (χ0v) is 11.8. The molecule has 0 spiro atoms. The predicted octanol–water partition coefficient (Wildman–Crippen LogP) is 1.23. The van der Waals surface area contributed by atoms with Crippen LogP contribution in [0.5, 0.6) is 0 Å². The summed E-state index contributed by atoms with van der Waals surface area (Å²) in [4.78, 5) is 22.6. The molecule has 0 radical (unpaired) electrons. The number of hydrogen-bond donors (Lipinski definition) is 0. The van der Waals surface area contributed by atoms with Crippen molar-refractivity contribution in [3.8, 4) is 0 Å². The van der Waals surface area contributed by atoms with Gasteiger partial charge in [-0.05, 0) is 0 Å². The van der Waals surface area contributed by atoms with Crippen LogP contribution in [0, 0.1) is 20.2 Å². The summed E-state index contributed by atoms with van der Waals surface area (Å²) < 4.78 is 6.78. The van der Waals surface area contributed by atoms with Crippen LogP contribution in [0.4, 0.5) is 17.2 Å². The van der Waals surface area contributed by atoms with E-state index in [0.29, 0.717) is 43.0 Å². The Morgan fingerprint density at radius 2 is 1.73 bits per heavy atom. The Morgan fingerprint density at radius 3 is 2.32 bits per heavy atom. The van der Waals surface area contributed by atoms with Gasteiger partial charge in [-0.15, -0.1) is 0 Å². The second-order valence-electron chi connectivity index (χ2n) is 4.92. The summed E-state index contributed by atoms with van der Waals surface area (Å²) in [6.07, 6.45) is 0. The largest absolute Gasteiger partial charge is 0.378 e. The van der Waals surface area contributed by atoms with Crippen LogP contribution in [0.3, 0.4) is 0 Å². The average molecular weight is 307 g/mol. The highest BCUT2D eigenvalue weighted by Gasteiger charge is 2.28. The molecular weight excluding hydrogens is 294 g/mol. The maximum Gasteiger partial charge on any atom is 0.348 e. The second kappa shape index (κ2) is 5.22. The van der Waals surface area contributed by atoms with Gasteiger partial charge in [0.05, 0.1) is 34.0 Å². The Hall–Kier alpha value is -2.75. The van der Waals surface area contributed by atoms with Crippen molar-refractivity contribution in [3.05, 3.63) is 32.4 Å². The number of nitrogens with zero attached hydrogens (tertiary/aromatic N) is 5. The summed E-state index contributed by atoms with van der Waals surface area (Å²) in [7, 11) is 1.65. The van der Waals surface area contributed by atoms with Crippen LogP contribution in [0.1, 0.15) is 0 Å². The van der Waals surface area contributed by atoms with Gasteiger partial charge in [-0.2, -0.15) is 5.10 Å². The number of anilines is 1. The van der Waals surface area contributed by atoms with Crippen molar-refractivity contribution in [2.45, 2.75) is 0 Å². The number of aromatic nitrogens is 2. The summed E-state index contributed by atoms with van der Waals surface area (Å²) >= 11 is 0. The smallest absolute Gasteiger partial charge is 0.348 e. The molecule has 1 aromatic carbocycles. The molecule has 0 atom stereocenters. The molecule has 2 heterocycles. The normalized spacial score (nSPS) is 15.2. The third kappa shape index (κ3) is 2.22. The molecule has 0 unspecified atom stereocenters. The SMILES string of the molecule is Cn1nc(N2CCOCC2)c2cc([N+](=O)[O-])c([N+](=O)[O-])cc21. The molecule has 1 fully saturated rings. The molecule has 3 rings (SSSR count). The lowest BCUT2D eigenvalue weighted by molar-refractivity contribution is -0.422. The lowest BCUT2D eigenvalue weighted by Gasteiger charge is -2.26. The Labute approximate surface area is 124 Å². The van der Waals surface area contributed by atoms with E-state index < -0.39 is 21.2 Å². The number of hydrogen-bond acceptors (Lipinski definition) is 7. The monoisotopic (exact) mass is 307 g/mol. The topological polar surface area (TPSA) is 117 Å². The summed E-state index contributed by atoms with van der Waals surface area (Å²) in [5.41, 5.74) is -0.576. The fourth-order valence-electron chi connectivity index (χ4n) is 2.56. The maximum absolute atomic E-state index is 11.1. The maximum atomic E-state index is 11.1. The molecule has 0 saturated carbocycles. The first-order valence-corrected chi connectivity index (χ1v) is 6.61. The number of benzene rings is 1. The molecule has 0 amide bonds. The van der Waals surface area contributed by atoms with E-state index in [0.717, 1.165) is 0 Å². The van der Waals surface area contributed by atoms with Gasteiger partial charge in [-0.1, -0.05) is 0 Å². The Bertz CT molecular complexity index is 765. The average Bonchev–Trinajstić information content (AvgIpc) is 2.83. The summed E-state index contributed by atoms with van der Waals surface area (Å²) in [5.74, 6) is 0.582. The highest BCUT2D eigenvalue weighted by Crippen LogP contribution is 2.36. The molecule has 0 N–H and O–H groups in total. The molecule has 1 aliphatic rings. The minimum Gasteiger partial charge on any atom is -0.378 e. The molecular formula is C12H13N5O5. The van der Waals surface area contributed by atoms with Gasteiger partial charge in [0.15, 0.2) is 5.82 Å². The molecule has 10 heteroatoms.